The zero-order chi connectivity index (χ0) is 15.6. The first-order valence-corrected chi connectivity index (χ1v) is 8.60. The number of nitrogens with zero attached hydrogens (tertiary/aromatic N) is 1. The molecule has 4 atom stereocenters. The van der Waals surface area contributed by atoms with E-state index in [1.165, 1.54) is 25.9 Å². The van der Waals surface area contributed by atoms with Gasteiger partial charge in [-0.15, -0.1) is 0 Å². The molecule has 0 radical (unpaired) electrons. The normalized spacial score (nSPS) is 34.6. The predicted molar refractivity (Wildman–Crippen MR) is 86.9 cm³/mol. The fraction of sp³-hybridized carbons (Fsp3) is 0.941. The van der Waals surface area contributed by atoms with E-state index < -0.39 is 0 Å². The first-order valence-electron chi connectivity index (χ1n) is 8.60. The quantitative estimate of drug-likeness (QED) is 0.834. The van der Waals surface area contributed by atoms with Gasteiger partial charge in [-0.2, -0.15) is 0 Å². The second kappa shape index (κ2) is 6.66. The zero-order valence-corrected chi connectivity index (χ0v) is 14.2. The Bertz CT molecular complexity index is 363. The summed E-state index contributed by atoms with van der Waals surface area (Å²) in [7, 11) is 0. The number of hydrogen-bond acceptors (Lipinski definition) is 3. The van der Waals surface area contributed by atoms with Gasteiger partial charge in [0.2, 0.25) is 5.91 Å². The Kier molecular flexibility index (Phi) is 5.31. The van der Waals surface area contributed by atoms with Crippen LogP contribution in [-0.2, 0) is 4.79 Å². The predicted octanol–water partition coefficient (Wildman–Crippen LogP) is 1.99. The molecule has 4 heteroatoms. The number of likely N-dealkylation sites (tertiary alicyclic amines) is 1. The molecule has 1 aliphatic carbocycles. The molecule has 4 nitrogen and oxygen atoms in total. The van der Waals surface area contributed by atoms with Crippen molar-refractivity contribution in [3.63, 3.8) is 0 Å². The molecule has 0 aromatic carbocycles. The van der Waals surface area contributed by atoms with Crippen molar-refractivity contribution in [3.05, 3.63) is 0 Å². The summed E-state index contributed by atoms with van der Waals surface area (Å²) in [5, 5.41) is 3.25. The van der Waals surface area contributed by atoms with Gasteiger partial charge in [-0.3, -0.25) is 4.79 Å². The van der Waals surface area contributed by atoms with Gasteiger partial charge in [0, 0.05) is 24.5 Å². The van der Waals surface area contributed by atoms with E-state index in [0.717, 1.165) is 19.4 Å². The molecule has 4 unspecified atom stereocenters. The Morgan fingerprint density at radius 1 is 1.33 bits per heavy atom. The molecule has 0 aromatic heterocycles. The van der Waals surface area contributed by atoms with Crippen LogP contribution in [-0.4, -0.2) is 42.5 Å². The minimum absolute atomic E-state index is 0.0187. The average molecular weight is 295 g/mol. The molecule has 1 heterocycles. The molecule has 1 amide bonds. The summed E-state index contributed by atoms with van der Waals surface area (Å²) >= 11 is 0. The zero-order valence-electron chi connectivity index (χ0n) is 14.2. The molecule has 1 aliphatic heterocycles. The van der Waals surface area contributed by atoms with E-state index in [-0.39, 0.29) is 29.3 Å². The summed E-state index contributed by atoms with van der Waals surface area (Å²) in [5.74, 6) is 0.703. The third kappa shape index (κ3) is 3.78. The Hall–Kier alpha value is -0.610. The molecule has 1 saturated heterocycles. The highest BCUT2D eigenvalue weighted by atomic mass is 16.2. The summed E-state index contributed by atoms with van der Waals surface area (Å²) in [6.07, 6.45) is 4.47. The summed E-state index contributed by atoms with van der Waals surface area (Å²) < 4.78 is 0. The van der Waals surface area contributed by atoms with Crippen LogP contribution in [0.5, 0.6) is 0 Å². The van der Waals surface area contributed by atoms with E-state index in [4.69, 9.17) is 5.73 Å². The SMILES string of the molecule is CC(CN1CCCC1)NC(=O)C1CCC(N)C(C)C1(C)C. The number of nitrogens with two attached hydrogens (primary N) is 1. The van der Waals surface area contributed by atoms with Crippen molar-refractivity contribution in [1.29, 1.82) is 0 Å². The standard InChI is InChI=1S/C17H33N3O/c1-12(11-20-9-5-6-10-20)19-16(21)14-7-8-15(18)13(2)17(14,3)4/h12-15H,5-11,18H2,1-4H3,(H,19,21). The van der Waals surface area contributed by atoms with Crippen molar-refractivity contribution in [1.82, 2.24) is 10.2 Å². The maximum absolute atomic E-state index is 12.7. The smallest absolute Gasteiger partial charge is 0.223 e. The first kappa shape index (κ1) is 16.8. The van der Waals surface area contributed by atoms with Gasteiger partial charge < -0.3 is 16.0 Å². The highest BCUT2D eigenvalue weighted by molar-refractivity contribution is 5.80. The topological polar surface area (TPSA) is 58.4 Å². The van der Waals surface area contributed by atoms with Gasteiger partial charge in [-0.1, -0.05) is 20.8 Å². The maximum Gasteiger partial charge on any atom is 0.223 e. The van der Waals surface area contributed by atoms with Gasteiger partial charge in [0.1, 0.15) is 0 Å². The van der Waals surface area contributed by atoms with Gasteiger partial charge in [-0.05, 0) is 57.0 Å². The Balaban J connectivity index is 1.89. The van der Waals surface area contributed by atoms with Gasteiger partial charge in [0.25, 0.3) is 0 Å². The molecule has 0 spiro atoms. The van der Waals surface area contributed by atoms with Gasteiger partial charge >= 0.3 is 0 Å². The molecule has 2 rings (SSSR count). The molecule has 21 heavy (non-hydrogen) atoms. The number of rotatable bonds is 4. The van der Waals surface area contributed by atoms with E-state index >= 15 is 0 Å². The summed E-state index contributed by atoms with van der Waals surface area (Å²) in [4.78, 5) is 15.1. The van der Waals surface area contributed by atoms with Crippen LogP contribution in [0, 0.1) is 17.3 Å². The lowest BCUT2D eigenvalue weighted by atomic mass is 9.61. The number of hydrogen-bond donors (Lipinski definition) is 2. The molecule has 122 valence electrons. The molecule has 0 bridgehead atoms. The van der Waals surface area contributed by atoms with Crippen LogP contribution in [0.25, 0.3) is 0 Å². The van der Waals surface area contributed by atoms with Crippen LogP contribution in [0.15, 0.2) is 0 Å². The molecular weight excluding hydrogens is 262 g/mol. The Labute approximate surface area is 129 Å². The maximum atomic E-state index is 12.7. The Morgan fingerprint density at radius 2 is 1.95 bits per heavy atom. The monoisotopic (exact) mass is 295 g/mol. The van der Waals surface area contributed by atoms with Crippen LogP contribution < -0.4 is 11.1 Å². The van der Waals surface area contributed by atoms with Gasteiger partial charge in [0.05, 0.1) is 0 Å². The lowest BCUT2D eigenvalue weighted by Crippen LogP contribution is -2.53. The molecule has 2 aliphatic rings. The fourth-order valence-corrected chi connectivity index (χ4v) is 4.06. The molecule has 3 N–H and O–H groups in total. The summed E-state index contributed by atoms with van der Waals surface area (Å²) in [6.45, 7) is 12.1. The van der Waals surface area contributed by atoms with Crippen molar-refractivity contribution in [2.24, 2.45) is 23.0 Å². The lowest BCUT2D eigenvalue weighted by molar-refractivity contribution is -0.133. The third-order valence-electron chi connectivity index (χ3n) is 5.94. The van der Waals surface area contributed by atoms with E-state index in [1.54, 1.807) is 0 Å². The highest BCUT2D eigenvalue weighted by Crippen LogP contribution is 2.44. The fourth-order valence-electron chi connectivity index (χ4n) is 4.06. The van der Waals surface area contributed by atoms with E-state index in [2.05, 4.69) is 37.9 Å². The molecule has 2 fully saturated rings. The molecule has 1 saturated carbocycles. The van der Waals surface area contributed by atoms with Gasteiger partial charge in [-0.25, -0.2) is 0 Å². The van der Waals surface area contributed by atoms with Crippen LogP contribution >= 0.6 is 0 Å². The highest BCUT2D eigenvalue weighted by Gasteiger charge is 2.45. The van der Waals surface area contributed by atoms with Crippen molar-refractivity contribution in [3.8, 4) is 0 Å². The van der Waals surface area contributed by atoms with Crippen molar-refractivity contribution >= 4 is 5.91 Å². The molecule has 0 aromatic rings. The van der Waals surface area contributed by atoms with Crippen molar-refractivity contribution in [2.45, 2.75) is 65.5 Å². The number of amides is 1. The van der Waals surface area contributed by atoms with Crippen LogP contribution in [0.4, 0.5) is 0 Å². The molecular formula is C17H33N3O. The van der Waals surface area contributed by atoms with Crippen LogP contribution in [0.1, 0.15) is 53.4 Å². The minimum Gasteiger partial charge on any atom is -0.352 e. The van der Waals surface area contributed by atoms with Crippen molar-refractivity contribution < 1.29 is 4.79 Å². The number of nitrogens with one attached hydrogen (secondary N) is 1. The minimum atomic E-state index is -0.0187. The van der Waals surface area contributed by atoms with E-state index in [9.17, 15) is 4.79 Å². The lowest BCUT2D eigenvalue weighted by Gasteiger charge is -2.46. The second-order valence-corrected chi connectivity index (χ2v) is 7.82. The number of carbonyl (C=O) groups is 1. The number of carbonyl (C=O) groups excluding carboxylic acids is 1. The largest absolute Gasteiger partial charge is 0.352 e. The second-order valence-electron chi connectivity index (χ2n) is 7.82. The van der Waals surface area contributed by atoms with Crippen molar-refractivity contribution in [2.75, 3.05) is 19.6 Å². The van der Waals surface area contributed by atoms with Crippen LogP contribution in [0.2, 0.25) is 0 Å². The first-order chi connectivity index (χ1) is 9.82. The average Bonchev–Trinajstić information content (AvgIpc) is 2.88. The van der Waals surface area contributed by atoms with E-state index in [1.807, 2.05) is 0 Å². The third-order valence-corrected chi connectivity index (χ3v) is 5.94. The van der Waals surface area contributed by atoms with Crippen LogP contribution in [0.3, 0.4) is 0 Å². The van der Waals surface area contributed by atoms with Gasteiger partial charge in [0.15, 0.2) is 0 Å². The summed E-state index contributed by atoms with van der Waals surface area (Å²) in [6, 6.07) is 0.461. The van der Waals surface area contributed by atoms with E-state index in [0.29, 0.717) is 5.92 Å². The Morgan fingerprint density at radius 3 is 2.57 bits per heavy atom. The summed E-state index contributed by atoms with van der Waals surface area (Å²) in [5.41, 5.74) is 6.17.